The van der Waals surface area contributed by atoms with Gasteiger partial charge >= 0.3 is 5.97 Å². The Morgan fingerprint density at radius 2 is 1.67 bits per heavy atom. The highest BCUT2D eigenvalue weighted by atomic mass is 19.3. The number of halogens is 2. The number of rotatable bonds is 6. The van der Waals surface area contributed by atoms with Gasteiger partial charge in [0.2, 0.25) is 12.7 Å². The van der Waals surface area contributed by atoms with E-state index >= 15 is 0 Å². The minimum atomic E-state index is -3.20. The van der Waals surface area contributed by atoms with Crippen molar-refractivity contribution in [2.45, 2.75) is 30.4 Å². The predicted molar refractivity (Wildman–Crippen MR) is 133 cm³/mol. The number of amides is 1. The average molecular weight is 538 g/mol. The van der Waals surface area contributed by atoms with Gasteiger partial charge in [0.05, 0.1) is 31.7 Å². The van der Waals surface area contributed by atoms with Crippen LogP contribution in [-0.4, -0.2) is 38.8 Å². The number of carbonyl (C=O) groups is 2. The number of hydrogen-bond acceptors (Lipinski definition) is 7. The lowest BCUT2D eigenvalue weighted by atomic mass is 9.92. The minimum Gasteiger partial charge on any atom is -0.497 e. The molecule has 3 aromatic carbocycles. The first-order valence-electron chi connectivity index (χ1n) is 12.4. The van der Waals surface area contributed by atoms with Crippen LogP contribution in [0.15, 0.2) is 60.7 Å². The molecule has 1 amide bonds. The van der Waals surface area contributed by atoms with Gasteiger partial charge in [-0.1, -0.05) is 18.2 Å². The quantitative estimate of drug-likeness (QED) is 0.446. The maximum atomic E-state index is 15.0. The fourth-order valence-electron chi connectivity index (χ4n) is 5.30. The molecule has 1 N–H and O–H groups in total. The van der Waals surface area contributed by atoms with Crippen LogP contribution in [0.5, 0.6) is 23.0 Å². The molecule has 1 aliphatic carbocycles. The van der Waals surface area contributed by atoms with Crippen molar-refractivity contribution in [1.29, 1.82) is 0 Å². The summed E-state index contributed by atoms with van der Waals surface area (Å²) in [5, 5.41) is 2.85. The van der Waals surface area contributed by atoms with Crippen LogP contribution in [0, 0.1) is 5.92 Å². The molecule has 0 bridgehead atoms. The molecule has 202 valence electrons. The molecule has 1 fully saturated rings. The molecule has 10 heteroatoms. The monoisotopic (exact) mass is 537 g/mol. The second-order valence-electron chi connectivity index (χ2n) is 9.66. The highest BCUT2D eigenvalue weighted by molar-refractivity contribution is 5.89. The molecular weight excluding hydrogens is 512 g/mol. The maximum absolute atomic E-state index is 15.0. The molecule has 3 aromatic rings. The molecule has 6 rings (SSSR count). The Morgan fingerprint density at radius 1 is 0.923 bits per heavy atom. The standard InChI is InChI=1S/C29H25F2NO7/c1-35-18-8-9-19-20(13-22(39-23(19)12-18)15-3-5-16(6-4-15)28(34)36-2)32-27(33)26-25(29(26,30)31)17-7-10-21-24(11-17)38-14-37-21/h3-12,20,22,25-26H,13-14H2,1-2H3,(H,32,33)/t20-,22-,25?,26?/m1/s1. The summed E-state index contributed by atoms with van der Waals surface area (Å²) < 4.78 is 56.8. The van der Waals surface area contributed by atoms with Gasteiger partial charge in [0.15, 0.2) is 11.5 Å². The summed E-state index contributed by atoms with van der Waals surface area (Å²) in [6.07, 6.45) is -0.207. The van der Waals surface area contributed by atoms with Gasteiger partial charge in [-0.05, 0) is 47.5 Å². The van der Waals surface area contributed by atoms with E-state index in [-0.39, 0.29) is 6.79 Å². The molecule has 2 aliphatic heterocycles. The molecule has 0 spiro atoms. The van der Waals surface area contributed by atoms with Crippen molar-refractivity contribution in [2.75, 3.05) is 21.0 Å². The SMILES string of the molecule is COC(=O)c1ccc([C@H]2C[C@@H](NC(=O)C3C(c4ccc5c(c4)OCO5)C3(F)F)c3ccc(OC)cc3O2)cc1. The molecule has 39 heavy (non-hydrogen) atoms. The van der Waals surface area contributed by atoms with Crippen molar-refractivity contribution in [3.63, 3.8) is 0 Å². The van der Waals surface area contributed by atoms with Gasteiger partial charge in [0.1, 0.15) is 23.5 Å². The first-order valence-corrected chi connectivity index (χ1v) is 12.4. The third-order valence-electron chi connectivity index (χ3n) is 7.43. The highest BCUT2D eigenvalue weighted by Gasteiger charge is 2.72. The Kier molecular flexibility index (Phi) is 6.05. The lowest BCUT2D eigenvalue weighted by Crippen LogP contribution is -2.35. The fourth-order valence-corrected chi connectivity index (χ4v) is 5.30. The van der Waals surface area contributed by atoms with Gasteiger partial charge in [-0.15, -0.1) is 0 Å². The number of hydrogen-bond donors (Lipinski definition) is 1. The zero-order chi connectivity index (χ0) is 27.3. The van der Waals surface area contributed by atoms with E-state index < -0.39 is 41.8 Å². The number of fused-ring (bicyclic) bond motifs is 2. The molecular formula is C29H25F2NO7. The van der Waals surface area contributed by atoms with Gasteiger partial charge in [0.25, 0.3) is 5.92 Å². The summed E-state index contributed by atoms with van der Waals surface area (Å²) in [7, 11) is 2.83. The van der Waals surface area contributed by atoms with E-state index in [1.165, 1.54) is 20.3 Å². The predicted octanol–water partition coefficient (Wildman–Crippen LogP) is 4.94. The van der Waals surface area contributed by atoms with Gasteiger partial charge < -0.3 is 29.0 Å². The Morgan fingerprint density at radius 3 is 2.41 bits per heavy atom. The minimum absolute atomic E-state index is 0.0320. The zero-order valence-electron chi connectivity index (χ0n) is 21.1. The molecule has 2 heterocycles. The van der Waals surface area contributed by atoms with Gasteiger partial charge in [-0.3, -0.25) is 4.79 Å². The Hall–Kier alpha value is -4.34. The smallest absolute Gasteiger partial charge is 0.337 e. The van der Waals surface area contributed by atoms with Crippen LogP contribution < -0.4 is 24.3 Å². The van der Waals surface area contributed by atoms with E-state index in [1.807, 2.05) is 0 Å². The van der Waals surface area contributed by atoms with Gasteiger partial charge in [0, 0.05) is 18.1 Å². The number of methoxy groups -OCH3 is 2. The average Bonchev–Trinajstić information content (AvgIpc) is 3.27. The number of benzene rings is 3. The van der Waals surface area contributed by atoms with Crippen LogP contribution in [-0.2, 0) is 9.53 Å². The van der Waals surface area contributed by atoms with E-state index in [1.54, 1.807) is 54.6 Å². The third kappa shape index (κ3) is 4.39. The van der Waals surface area contributed by atoms with E-state index in [4.69, 9.17) is 23.7 Å². The summed E-state index contributed by atoms with van der Waals surface area (Å²) in [6.45, 7) is 0.0320. The number of carbonyl (C=O) groups excluding carboxylic acids is 2. The lowest BCUT2D eigenvalue weighted by Gasteiger charge is -2.33. The molecule has 0 aromatic heterocycles. The fraction of sp³-hybridized carbons (Fsp3) is 0.310. The summed E-state index contributed by atoms with van der Waals surface area (Å²) >= 11 is 0. The summed E-state index contributed by atoms with van der Waals surface area (Å²) in [5.74, 6) is -5.27. The first-order chi connectivity index (χ1) is 18.8. The topological polar surface area (TPSA) is 92.3 Å². The van der Waals surface area contributed by atoms with Crippen molar-refractivity contribution in [3.05, 3.63) is 82.9 Å². The number of ether oxygens (including phenoxy) is 5. The highest BCUT2D eigenvalue weighted by Crippen LogP contribution is 2.62. The molecule has 0 saturated heterocycles. The van der Waals surface area contributed by atoms with E-state index in [2.05, 4.69) is 5.32 Å². The molecule has 8 nitrogen and oxygen atoms in total. The van der Waals surface area contributed by atoms with E-state index in [9.17, 15) is 18.4 Å². The molecule has 1 saturated carbocycles. The zero-order valence-corrected chi connectivity index (χ0v) is 21.1. The van der Waals surface area contributed by atoms with Crippen LogP contribution in [0.3, 0.4) is 0 Å². The lowest BCUT2D eigenvalue weighted by molar-refractivity contribution is -0.125. The van der Waals surface area contributed by atoms with Crippen LogP contribution in [0.4, 0.5) is 8.78 Å². The van der Waals surface area contributed by atoms with Crippen molar-refractivity contribution >= 4 is 11.9 Å². The molecule has 2 unspecified atom stereocenters. The Bertz CT molecular complexity index is 1440. The first kappa shape index (κ1) is 25.0. The second kappa shape index (κ2) is 9.44. The van der Waals surface area contributed by atoms with Crippen LogP contribution >= 0.6 is 0 Å². The molecule has 0 radical (unpaired) electrons. The van der Waals surface area contributed by atoms with Crippen molar-refractivity contribution < 1.29 is 42.1 Å². The number of alkyl halides is 2. The van der Waals surface area contributed by atoms with Crippen LogP contribution in [0.1, 0.15) is 51.5 Å². The number of nitrogens with one attached hydrogen (secondary N) is 1. The van der Waals surface area contributed by atoms with Crippen LogP contribution in [0.25, 0.3) is 0 Å². The maximum Gasteiger partial charge on any atom is 0.337 e. The summed E-state index contributed by atoms with van der Waals surface area (Å²) in [6, 6.07) is 16.0. The van der Waals surface area contributed by atoms with Crippen LogP contribution in [0.2, 0.25) is 0 Å². The van der Waals surface area contributed by atoms with Crippen molar-refractivity contribution in [3.8, 4) is 23.0 Å². The van der Waals surface area contributed by atoms with Gasteiger partial charge in [-0.25, -0.2) is 13.6 Å². The van der Waals surface area contributed by atoms with Gasteiger partial charge in [-0.2, -0.15) is 0 Å². The van der Waals surface area contributed by atoms with E-state index in [0.29, 0.717) is 46.1 Å². The van der Waals surface area contributed by atoms with Crippen molar-refractivity contribution in [1.82, 2.24) is 5.32 Å². The third-order valence-corrected chi connectivity index (χ3v) is 7.43. The number of esters is 1. The second-order valence-corrected chi connectivity index (χ2v) is 9.66. The molecule has 3 aliphatic rings. The largest absolute Gasteiger partial charge is 0.497 e. The van der Waals surface area contributed by atoms with E-state index in [0.717, 1.165) is 5.56 Å². The molecule has 4 atom stereocenters. The Balaban J connectivity index is 1.25. The normalized spacial score (nSPS) is 23.7. The Labute approximate surface area is 222 Å². The summed E-state index contributed by atoms with van der Waals surface area (Å²) in [4.78, 5) is 25.1. The van der Waals surface area contributed by atoms with Crippen molar-refractivity contribution in [2.24, 2.45) is 5.92 Å². The summed E-state index contributed by atoms with van der Waals surface area (Å²) in [5.41, 5.74) is 2.13.